The molecule has 0 aliphatic rings. The molecule has 5 heteroatoms. The highest BCUT2D eigenvalue weighted by Crippen LogP contribution is 2.18. The summed E-state index contributed by atoms with van der Waals surface area (Å²) in [5.41, 5.74) is 2.04. The van der Waals surface area contributed by atoms with E-state index in [2.05, 4.69) is 9.72 Å². The van der Waals surface area contributed by atoms with Crippen molar-refractivity contribution < 1.29 is 19.1 Å². The smallest absolute Gasteiger partial charge is 0.354 e. The fraction of sp³-hybridized carbons (Fsp3) is 0.286. The van der Waals surface area contributed by atoms with Crippen LogP contribution < -0.4 is 0 Å². The van der Waals surface area contributed by atoms with Gasteiger partial charge in [0.05, 0.1) is 20.1 Å². The van der Waals surface area contributed by atoms with E-state index in [-0.39, 0.29) is 18.4 Å². The van der Waals surface area contributed by atoms with E-state index in [0.717, 1.165) is 16.5 Å². The first-order chi connectivity index (χ1) is 9.13. The zero-order valence-corrected chi connectivity index (χ0v) is 10.9. The topological polar surface area (TPSA) is 68.4 Å². The molecule has 0 bridgehead atoms. The quantitative estimate of drug-likeness (QED) is 0.855. The molecule has 0 aliphatic carbocycles. The first kappa shape index (κ1) is 13.1. The molecule has 1 heterocycles. The molecule has 0 saturated heterocycles. The average Bonchev–Trinajstić information content (AvgIpc) is 2.82. The fourth-order valence-corrected chi connectivity index (χ4v) is 1.84. The Hall–Kier alpha value is -2.30. The van der Waals surface area contributed by atoms with Gasteiger partial charge >= 0.3 is 11.9 Å². The van der Waals surface area contributed by atoms with Crippen LogP contribution in [0.3, 0.4) is 0 Å². The Morgan fingerprint density at radius 2 is 2.05 bits per heavy atom. The fourth-order valence-electron chi connectivity index (χ4n) is 1.84. The number of nitrogens with one attached hydrogen (secondary N) is 1. The molecule has 100 valence electrons. The maximum absolute atomic E-state index is 11.6. The number of carbonyl (C=O) groups is 2. The van der Waals surface area contributed by atoms with Gasteiger partial charge < -0.3 is 14.5 Å². The number of benzene rings is 1. The van der Waals surface area contributed by atoms with Crippen LogP contribution in [-0.2, 0) is 20.7 Å². The van der Waals surface area contributed by atoms with Crippen LogP contribution in [0.4, 0.5) is 0 Å². The summed E-state index contributed by atoms with van der Waals surface area (Å²) < 4.78 is 9.54. The average molecular weight is 261 g/mol. The maximum Gasteiger partial charge on any atom is 0.354 e. The van der Waals surface area contributed by atoms with Gasteiger partial charge in [-0.05, 0) is 24.6 Å². The molecule has 19 heavy (non-hydrogen) atoms. The van der Waals surface area contributed by atoms with Crippen molar-refractivity contribution in [3.63, 3.8) is 0 Å². The van der Waals surface area contributed by atoms with Gasteiger partial charge in [-0.3, -0.25) is 4.79 Å². The van der Waals surface area contributed by atoms with Crippen LogP contribution in [0.2, 0.25) is 0 Å². The second-order valence-corrected chi connectivity index (χ2v) is 4.08. The summed E-state index contributed by atoms with van der Waals surface area (Å²) in [5, 5.41) is 0.900. The van der Waals surface area contributed by atoms with E-state index in [9.17, 15) is 9.59 Å². The van der Waals surface area contributed by atoms with E-state index < -0.39 is 0 Å². The molecule has 2 aromatic rings. The Bertz CT molecular complexity index is 615. The minimum Gasteiger partial charge on any atom is -0.469 e. The van der Waals surface area contributed by atoms with Gasteiger partial charge in [-0.2, -0.15) is 0 Å². The number of methoxy groups -OCH3 is 1. The van der Waals surface area contributed by atoms with Gasteiger partial charge in [0.25, 0.3) is 0 Å². The van der Waals surface area contributed by atoms with E-state index >= 15 is 0 Å². The molecule has 0 atom stereocenters. The van der Waals surface area contributed by atoms with Gasteiger partial charge in [0.15, 0.2) is 0 Å². The van der Waals surface area contributed by atoms with Gasteiger partial charge in [-0.15, -0.1) is 0 Å². The molecule has 2 rings (SSSR count). The number of hydrogen-bond donors (Lipinski definition) is 1. The largest absolute Gasteiger partial charge is 0.469 e. The van der Waals surface area contributed by atoms with E-state index in [4.69, 9.17) is 4.74 Å². The van der Waals surface area contributed by atoms with Crippen molar-refractivity contribution in [3.8, 4) is 0 Å². The summed E-state index contributed by atoms with van der Waals surface area (Å²) in [6, 6.07) is 7.25. The van der Waals surface area contributed by atoms with Gasteiger partial charge in [0, 0.05) is 10.9 Å². The molecule has 1 aromatic heterocycles. The van der Waals surface area contributed by atoms with Gasteiger partial charge in [0.2, 0.25) is 0 Å². The monoisotopic (exact) mass is 261 g/mol. The molecule has 1 aromatic carbocycles. The molecule has 0 saturated carbocycles. The summed E-state index contributed by atoms with van der Waals surface area (Å²) in [7, 11) is 1.36. The molecular weight excluding hydrogens is 246 g/mol. The minimum atomic E-state index is -0.381. The van der Waals surface area contributed by atoms with Crippen LogP contribution in [0.25, 0.3) is 10.9 Å². The third kappa shape index (κ3) is 2.93. The van der Waals surface area contributed by atoms with Crippen LogP contribution in [0.15, 0.2) is 24.3 Å². The molecule has 0 aliphatic heterocycles. The molecule has 0 unspecified atom stereocenters. The van der Waals surface area contributed by atoms with E-state index in [1.807, 2.05) is 18.2 Å². The SMILES string of the molecule is CCOC(=O)c1cc2ccc(CC(=O)OC)cc2[nH]1. The number of esters is 2. The molecule has 1 N–H and O–H groups in total. The predicted molar refractivity (Wildman–Crippen MR) is 70.0 cm³/mol. The third-order valence-electron chi connectivity index (χ3n) is 2.76. The molecule has 5 nitrogen and oxygen atoms in total. The molecule has 0 fully saturated rings. The van der Waals surface area contributed by atoms with Crippen molar-refractivity contribution >= 4 is 22.8 Å². The molecular formula is C14H15NO4. The first-order valence-corrected chi connectivity index (χ1v) is 5.99. The Kier molecular flexibility index (Phi) is 3.85. The van der Waals surface area contributed by atoms with Crippen molar-refractivity contribution in [3.05, 3.63) is 35.5 Å². The number of ether oxygens (including phenoxy) is 2. The maximum atomic E-state index is 11.6. The van der Waals surface area contributed by atoms with E-state index in [0.29, 0.717) is 12.3 Å². The summed E-state index contributed by atoms with van der Waals surface area (Å²) in [4.78, 5) is 25.8. The zero-order valence-electron chi connectivity index (χ0n) is 10.9. The van der Waals surface area contributed by atoms with Crippen LogP contribution in [0.1, 0.15) is 23.0 Å². The lowest BCUT2D eigenvalue weighted by Crippen LogP contribution is -2.04. The zero-order chi connectivity index (χ0) is 13.8. The summed E-state index contributed by atoms with van der Waals surface area (Å²) >= 11 is 0. The first-order valence-electron chi connectivity index (χ1n) is 5.99. The Morgan fingerprint density at radius 3 is 2.74 bits per heavy atom. The van der Waals surface area contributed by atoms with Gasteiger partial charge in [-0.1, -0.05) is 12.1 Å². The molecule has 0 radical (unpaired) electrons. The molecule has 0 amide bonds. The summed E-state index contributed by atoms with van der Waals surface area (Å²) in [6.45, 7) is 2.09. The van der Waals surface area contributed by atoms with Crippen LogP contribution >= 0.6 is 0 Å². The molecule has 0 spiro atoms. The lowest BCUT2D eigenvalue weighted by molar-refractivity contribution is -0.139. The lowest BCUT2D eigenvalue weighted by Gasteiger charge is -2.00. The van der Waals surface area contributed by atoms with Crippen molar-refractivity contribution in [1.29, 1.82) is 0 Å². The van der Waals surface area contributed by atoms with Crippen LogP contribution in [-0.4, -0.2) is 30.6 Å². The number of fused-ring (bicyclic) bond motifs is 1. The number of aromatic amines is 1. The summed E-state index contributed by atoms with van der Waals surface area (Å²) in [5.74, 6) is -0.676. The number of carbonyl (C=O) groups excluding carboxylic acids is 2. The van der Waals surface area contributed by atoms with Crippen molar-refractivity contribution in [2.45, 2.75) is 13.3 Å². The van der Waals surface area contributed by atoms with Gasteiger partial charge in [0.1, 0.15) is 5.69 Å². The standard InChI is InChI=1S/C14H15NO4/c1-3-19-14(17)12-8-10-5-4-9(6-11(10)15-12)7-13(16)18-2/h4-6,8,15H,3,7H2,1-2H3. The Morgan fingerprint density at radius 1 is 1.26 bits per heavy atom. The van der Waals surface area contributed by atoms with Gasteiger partial charge in [-0.25, -0.2) is 4.79 Å². The van der Waals surface area contributed by atoms with Crippen LogP contribution in [0.5, 0.6) is 0 Å². The minimum absolute atomic E-state index is 0.209. The third-order valence-corrected chi connectivity index (χ3v) is 2.76. The Labute approximate surface area is 110 Å². The highest BCUT2D eigenvalue weighted by Gasteiger charge is 2.11. The second-order valence-electron chi connectivity index (χ2n) is 4.08. The van der Waals surface area contributed by atoms with Crippen molar-refractivity contribution in [2.24, 2.45) is 0 Å². The number of rotatable bonds is 4. The predicted octanol–water partition coefficient (Wildman–Crippen LogP) is 2.06. The number of hydrogen-bond acceptors (Lipinski definition) is 4. The van der Waals surface area contributed by atoms with E-state index in [1.165, 1.54) is 7.11 Å². The normalized spacial score (nSPS) is 10.4. The highest BCUT2D eigenvalue weighted by molar-refractivity contribution is 5.95. The van der Waals surface area contributed by atoms with E-state index in [1.54, 1.807) is 13.0 Å². The van der Waals surface area contributed by atoms with Crippen molar-refractivity contribution in [2.75, 3.05) is 13.7 Å². The number of H-pyrrole nitrogens is 1. The Balaban J connectivity index is 2.28. The van der Waals surface area contributed by atoms with Crippen LogP contribution in [0, 0.1) is 0 Å². The van der Waals surface area contributed by atoms with Crippen molar-refractivity contribution in [1.82, 2.24) is 4.98 Å². The second kappa shape index (κ2) is 5.56. The highest BCUT2D eigenvalue weighted by atomic mass is 16.5. The number of aromatic nitrogens is 1. The lowest BCUT2D eigenvalue weighted by atomic mass is 10.1. The summed E-state index contributed by atoms with van der Waals surface area (Å²) in [6.07, 6.45) is 0.209.